The first kappa shape index (κ1) is 11.1. The number of hydrogen-bond donors (Lipinski definition) is 2. The third kappa shape index (κ3) is 3.40. The summed E-state index contributed by atoms with van der Waals surface area (Å²) in [6.45, 7) is 4.13. The Morgan fingerprint density at radius 2 is 2.21 bits per heavy atom. The molecule has 0 fully saturated rings. The van der Waals surface area contributed by atoms with Crippen LogP contribution in [0.2, 0.25) is 0 Å². The number of nitrogens with zero attached hydrogens (tertiary/aromatic N) is 1. The van der Waals surface area contributed by atoms with E-state index in [1.807, 2.05) is 6.92 Å². The molecule has 4 heteroatoms. The zero-order valence-electron chi connectivity index (χ0n) is 8.37. The lowest BCUT2D eigenvalue weighted by Gasteiger charge is -2.14. The van der Waals surface area contributed by atoms with Crippen LogP contribution in [-0.2, 0) is 0 Å². The lowest BCUT2D eigenvalue weighted by molar-refractivity contribution is 0.187. The zero-order valence-corrected chi connectivity index (χ0v) is 8.37. The van der Waals surface area contributed by atoms with Crippen LogP contribution >= 0.6 is 0 Å². The van der Waals surface area contributed by atoms with Crippen molar-refractivity contribution in [1.82, 2.24) is 10.3 Å². The molecule has 1 aromatic rings. The highest BCUT2D eigenvalue weighted by Crippen LogP contribution is 2.08. The summed E-state index contributed by atoms with van der Waals surface area (Å²) in [7, 11) is 0. The standard InChI is InChI=1S/C10H15FN2O/c1-7(14)5-12-8(2)10-4-3-9(11)6-13-10/h3-4,6-8,12,14H,5H2,1-2H3/t7-,8?/m1/s1. The molecule has 2 atom stereocenters. The van der Waals surface area contributed by atoms with Gasteiger partial charge >= 0.3 is 0 Å². The Balaban J connectivity index is 2.52. The van der Waals surface area contributed by atoms with Gasteiger partial charge in [-0.1, -0.05) is 0 Å². The van der Waals surface area contributed by atoms with Crippen LogP contribution in [-0.4, -0.2) is 22.7 Å². The van der Waals surface area contributed by atoms with Crippen LogP contribution in [0.15, 0.2) is 18.3 Å². The minimum absolute atomic E-state index is 0.0187. The average Bonchev–Trinajstić information content (AvgIpc) is 2.15. The first-order chi connectivity index (χ1) is 6.59. The Hall–Kier alpha value is -1.00. The summed E-state index contributed by atoms with van der Waals surface area (Å²) in [4.78, 5) is 3.94. The van der Waals surface area contributed by atoms with E-state index >= 15 is 0 Å². The molecule has 1 heterocycles. The first-order valence-electron chi connectivity index (χ1n) is 4.62. The Labute approximate surface area is 83.0 Å². The van der Waals surface area contributed by atoms with Gasteiger partial charge in [0.25, 0.3) is 0 Å². The number of halogens is 1. The van der Waals surface area contributed by atoms with E-state index in [-0.39, 0.29) is 11.9 Å². The fraction of sp³-hybridized carbons (Fsp3) is 0.500. The summed E-state index contributed by atoms with van der Waals surface area (Å²) >= 11 is 0. The van der Waals surface area contributed by atoms with Gasteiger partial charge in [-0.2, -0.15) is 0 Å². The summed E-state index contributed by atoms with van der Waals surface area (Å²) in [6, 6.07) is 3.03. The number of aliphatic hydroxyl groups excluding tert-OH is 1. The summed E-state index contributed by atoms with van der Waals surface area (Å²) in [5.74, 6) is -0.337. The second kappa shape index (κ2) is 5.02. The molecule has 0 amide bonds. The Morgan fingerprint density at radius 3 is 2.71 bits per heavy atom. The number of nitrogens with one attached hydrogen (secondary N) is 1. The van der Waals surface area contributed by atoms with Crippen molar-refractivity contribution in [3.05, 3.63) is 29.8 Å². The second-order valence-electron chi connectivity index (χ2n) is 3.38. The van der Waals surface area contributed by atoms with Gasteiger partial charge in [-0.15, -0.1) is 0 Å². The van der Waals surface area contributed by atoms with Crippen LogP contribution in [0, 0.1) is 5.82 Å². The smallest absolute Gasteiger partial charge is 0.141 e. The van der Waals surface area contributed by atoms with Gasteiger partial charge in [0, 0.05) is 12.6 Å². The Bertz CT molecular complexity index is 274. The van der Waals surface area contributed by atoms with Gasteiger partial charge in [-0.25, -0.2) is 4.39 Å². The number of hydrogen-bond acceptors (Lipinski definition) is 3. The Morgan fingerprint density at radius 1 is 1.50 bits per heavy atom. The van der Waals surface area contributed by atoms with Gasteiger partial charge in [-0.3, -0.25) is 4.98 Å². The molecule has 1 rings (SSSR count). The number of aromatic nitrogens is 1. The molecule has 1 unspecified atom stereocenters. The van der Waals surface area contributed by atoms with Gasteiger partial charge in [0.2, 0.25) is 0 Å². The molecule has 2 N–H and O–H groups in total. The van der Waals surface area contributed by atoms with E-state index in [9.17, 15) is 4.39 Å². The minimum atomic E-state index is -0.391. The average molecular weight is 198 g/mol. The molecular weight excluding hydrogens is 183 g/mol. The third-order valence-corrected chi connectivity index (χ3v) is 1.91. The fourth-order valence-corrected chi connectivity index (χ4v) is 1.10. The van der Waals surface area contributed by atoms with Gasteiger partial charge < -0.3 is 10.4 Å². The van der Waals surface area contributed by atoms with Gasteiger partial charge in [0.15, 0.2) is 0 Å². The van der Waals surface area contributed by atoms with Crippen molar-refractivity contribution < 1.29 is 9.50 Å². The quantitative estimate of drug-likeness (QED) is 0.765. The van der Waals surface area contributed by atoms with Gasteiger partial charge in [-0.05, 0) is 26.0 Å². The molecule has 0 radical (unpaired) electrons. The predicted octanol–water partition coefficient (Wildman–Crippen LogP) is 1.25. The fourth-order valence-electron chi connectivity index (χ4n) is 1.10. The highest BCUT2D eigenvalue weighted by molar-refractivity contribution is 5.08. The van der Waals surface area contributed by atoms with Crippen molar-refractivity contribution in [2.75, 3.05) is 6.54 Å². The van der Waals surface area contributed by atoms with Crippen LogP contribution in [0.4, 0.5) is 4.39 Å². The molecule has 0 saturated carbocycles. The van der Waals surface area contributed by atoms with Crippen molar-refractivity contribution >= 4 is 0 Å². The third-order valence-electron chi connectivity index (χ3n) is 1.91. The van der Waals surface area contributed by atoms with E-state index in [2.05, 4.69) is 10.3 Å². The van der Waals surface area contributed by atoms with Crippen molar-refractivity contribution in [1.29, 1.82) is 0 Å². The molecule has 78 valence electrons. The Kier molecular flexibility index (Phi) is 3.98. The highest BCUT2D eigenvalue weighted by atomic mass is 19.1. The van der Waals surface area contributed by atoms with Crippen LogP contribution in [0.25, 0.3) is 0 Å². The number of rotatable bonds is 4. The van der Waals surface area contributed by atoms with Gasteiger partial charge in [0.1, 0.15) is 5.82 Å². The lowest BCUT2D eigenvalue weighted by Crippen LogP contribution is -2.27. The molecule has 14 heavy (non-hydrogen) atoms. The summed E-state index contributed by atoms with van der Waals surface area (Å²) < 4.78 is 12.5. The van der Waals surface area contributed by atoms with Crippen molar-refractivity contribution in [3.8, 4) is 0 Å². The molecule has 0 bridgehead atoms. The maximum atomic E-state index is 12.5. The van der Waals surface area contributed by atoms with Crippen molar-refractivity contribution in [2.45, 2.75) is 26.0 Å². The van der Waals surface area contributed by atoms with Crippen molar-refractivity contribution in [3.63, 3.8) is 0 Å². The number of aliphatic hydroxyl groups is 1. The molecule has 0 aliphatic rings. The molecule has 1 aromatic heterocycles. The molecule has 0 saturated heterocycles. The van der Waals surface area contributed by atoms with Crippen LogP contribution in [0.1, 0.15) is 25.6 Å². The van der Waals surface area contributed by atoms with E-state index in [0.717, 1.165) is 5.69 Å². The minimum Gasteiger partial charge on any atom is -0.392 e. The second-order valence-corrected chi connectivity index (χ2v) is 3.38. The topological polar surface area (TPSA) is 45.1 Å². The van der Waals surface area contributed by atoms with Crippen LogP contribution in [0.3, 0.4) is 0 Å². The van der Waals surface area contributed by atoms with Gasteiger partial charge in [0.05, 0.1) is 18.0 Å². The van der Waals surface area contributed by atoms with E-state index in [1.165, 1.54) is 12.3 Å². The van der Waals surface area contributed by atoms with E-state index < -0.39 is 6.10 Å². The summed E-state index contributed by atoms with van der Waals surface area (Å²) in [5.41, 5.74) is 0.770. The zero-order chi connectivity index (χ0) is 10.6. The van der Waals surface area contributed by atoms with E-state index in [0.29, 0.717) is 6.54 Å². The SMILES string of the molecule is CC(NC[C@@H](C)O)c1ccc(F)cn1. The first-order valence-corrected chi connectivity index (χ1v) is 4.62. The number of pyridine rings is 1. The molecule has 0 spiro atoms. The van der Waals surface area contributed by atoms with E-state index in [1.54, 1.807) is 13.0 Å². The maximum Gasteiger partial charge on any atom is 0.141 e. The van der Waals surface area contributed by atoms with Crippen molar-refractivity contribution in [2.24, 2.45) is 0 Å². The molecular formula is C10H15FN2O. The summed E-state index contributed by atoms with van der Waals surface area (Å²) in [6.07, 6.45) is 0.800. The monoisotopic (exact) mass is 198 g/mol. The molecule has 0 aromatic carbocycles. The van der Waals surface area contributed by atoms with Crippen LogP contribution in [0.5, 0.6) is 0 Å². The molecule has 3 nitrogen and oxygen atoms in total. The normalized spacial score (nSPS) is 15.1. The lowest BCUT2D eigenvalue weighted by atomic mass is 10.2. The maximum absolute atomic E-state index is 12.5. The summed E-state index contributed by atoms with van der Waals surface area (Å²) in [5, 5.41) is 12.1. The molecule has 0 aliphatic heterocycles. The van der Waals surface area contributed by atoms with E-state index in [4.69, 9.17) is 5.11 Å². The predicted molar refractivity (Wildman–Crippen MR) is 52.3 cm³/mol. The largest absolute Gasteiger partial charge is 0.392 e. The molecule has 0 aliphatic carbocycles. The highest BCUT2D eigenvalue weighted by Gasteiger charge is 2.06. The van der Waals surface area contributed by atoms with Crippen LogP contribution < -0.4 is 5.32 Å².